The Kier molecular flexibility index (Phi) is 4.70. The summed E-state index contributed by atoms with van der Waals surface area (Å²) in [5, 5.41) is 3.69. The van der Waals surface area contributed by atoms with Gasteiger partial charge in [0.15, 0.2) is 0 Å². The van der Waals surface area contributed by atoms with Crippen molar-refractivity contribution in [3.05, 3.63) is 115 Å². The first-order valence-electron chi connectivity index (χ1n) is 11.4. The molecule has 0 aliphatic carbocycles. The van der Waals surface area contributed by atoms with Gasteiger partial charge in [-0.15, -0.1) is 0 Å². The van der Waals surface area contributed by atoms with Crippen LogP contribution in [0.4, 0.5) is 0 Å². The SMILES string of the molecule is [2H]c1ccc(-n2c3ccccc3c3ccc(-c4cccc(P(C)c5ccccn5)c4)cc32)nc1. The van der Waals surface area contributed by atoms with Crippen molar-refractivity contribution in [2.75, 3.05) is 6.66 Å². The Morgan fingerprint density at radius 1 is 0.697 bits per heavy atom. The maximum Gasteiger partial charge on any atom is 0.137 e. The van der Waals surface area contributed by atoms with Crippen LogP contribution in [0, 0.1) is 0 Å². The Hall–Kier alpha value is -3.81. The van der Waals surface area contributed by atoms with Crippen LogP contribution < -0.4 is 10.7 Å². The summed E-state index contributed by atoms with van der Waals surface area (Å²) in [6.45, 7) is 2.26. The predicted molar refractivity (Wildman–Crippen MR) is 140 cm³/mol. The molecule has 33 heavy (non-hydrogen) atoms. The lowest BCUT2D eigenvalue weighted by Gasteiger charge is -2.13. The van der Waals surface area contributed by atoms with Crippen LogP contribution in [0.2, 0.25) is 0 Å². The zero-order valence-electron chi connectivity index (χ0n) is 19.2. The molecule has 6 rings (SSSR count). The number of benzene rings is 3. The largest absolute Gasteiger partial charge is 0.294 e. The van der Waals surface area contributed by atoms with Crippen molar-refractivity contribution in [3.8, 4) is 16.9 Å². The van der Waals surface area contributed by atoms with Crippen molar-refractivity contribution < 1.29 is 1.37 Å². The number of pyridine rings is 2. The molecule has 0 saturated heterocycles. The van der Waals surface area contributed by atoms with Crippen molar-refractivity contribution in [3.63, 3.8) is 0 Å². The molecule has 4 heteroatoms. The number of rotatable bonds is 4. The molecule has 6 aromatic rings. The molecule has 0 aliphatic rings. The second-order valence-electron chi connectivity index (χ2n) is 8.00. The third-order valence-corrected chi connectivity index (χ3v) is 8.07. The van der Waals surface area contributed by atoms with Crippen molar-refractivity contribution >= 4 is 40.5 Å². The molecule has 0 spiro atoms. The highest BCUT2D eigenvalue weighted by Crippen LogP contribution is 2.35. The Labute approximate surface area is 195 Å². The Morgan fingerprint density at radius 2 is 1.55 bits per heavy atom. The van der Waals surface area contributed by atoms with Gasteiger partial charge in [-0.3, -0.25) is 9.55 Å². The van der Waals surface area contributed by atoms with Crippen LogP contribution >= 0.6 is 7.92 Å². The van der Waals surface area contributed by atoms with E-state index in [0.29, 0.717) is 6.04 Å². The van der Waals surface area contributed by atoms with Crippen molar-refractivity contribution in [2.24, 2.45) is 0 Å². The quantitative estimate of drug-likeness (QED) is 0.299. The maximum atomic E-state index is 7.83. The van der Waals surface area contributed by atoms with Gasteiger partial charge < -0.3 is 0 Å². The first-order valence-corrected chi connectivity index (χ1v) is 12.7. The lowest BCUT2D eigenvalue weighted by Crippen LogP contribution is -2.13. The molecule has 0 amide bonds. The van der Waals surface area contributed by atoms with Gasteiger partial charge in [0, 0.05) is 23.2 Å². The van der Waals surface area contributed by atoms with Gasteiger partial charge in [0.25, 0.3) is 0 Å². The molecular formula is C29H22N3P. The molecule has 1 unspecified atom stereocenters. The summed E-state index contributed by atoms with van der Waals surface area (Å²) in [5.74, 6) is 0.820. The summed E-state index contributed by atoms with van der Waals surface area (Å²) in [6.07, 6.45) is 3.47. The van der Waals surface area contributed by atoms with Crippen LogP contribution in [0.3, 0.4) is 0 Å². The van der Waals surface area contributed by atoms with E-state index in [0.717, 1.165) is 22.3 Å². The molecule has 158 valence electrons. The highest BCUT2D eigenvalue weighted by molar-refractivity contribution is 7.72. The fourth-order valence-corrected chi connectivity index (χ4v) is 5.88. The molecule has 3 aromatic carbocycles. The van der Waals surface area contributed by atoms with E-state index < -0.39 is 7.92 Å². The van der Waals surface area contributed by atoms with Crippen LogP contribution in [0.5, 0.6) is 0 Å². The normalized spacial score (nSPS) is 12.7. The molecule has 0 fully saturated rings. The van der Waals surface area contributed by atoms with Gasteiger partial charge in [-0.05, 0) is 73.5 Å². The lowest BCUT2D eigenvalue weighted by molar-refractivity contribution is 1.08. The van der Waals surface area contributed by atoms with Gasteiger partial charge in [0.1, 0.15) is 5.82 Å². The second-order valence-corrected chi connectivity index (χ2v) is 10.1. The molecular weight excluding hydrogens is 421 g/mol. The maximum absolute atomic E-state index is 7.83. The molecule has 3 aromatic heterocycles. The first-order chi connectivity index (χ1) is 16.7. The minimum absolute atomic E-state index is 0.408. The van der Waals surface area contributed by atoms with E-state index in [-0.39, 0.29) is 0 Å². The number of nitrogens with zero attached hydrogens (tertiary/aromatic N) is 3. The molecule has 1 atom stereocenters. The second kappa shape index (κ2) is 8.27. The average molecular weight is 444 g/mol. The highest BCUT2D eigenvalue weighted by atomic mass is 31.1. The third kappa shape index (κ3) is 3.51. The molecule has 3 heterocycles. The molecule has 0 saturated carbocycles. The summed E-state index contributed by atoms with van der Waals surface area (Å²) in [5.41, 5.74) is 5.71. The number of hydrogen-bond donors (Lipinski definition) is 0. The van der Waals surface area contributed by atoms with E-state index in [4.69, 9.17) is 1.37 Å². The molecule has 0 N–H and O–H groups in total. The Morgan fingerprint density at radius 3 is 2.39 bits per heavy atom. The van der Waals surface area contributed by atoms with Crippen LogP contribution in [0.25, 0.3) is 38.8 Å². The Bertz CT molecular complexity index is 1630. The van der Waals surface area contributed by atoms with E-state index in [2.05, 4.69) is 100 Å². The zero-order valence-corrected chi connectivity index (χ0v) is 19.1. The summed E-state index contributed by atoms with van der Waals surface area (Å²) in [7, 11) is -0.518. The standard InChI is InChI=1S/C29H22N3P/c1-33(29-14-5-7-18-31-29)23-10-8-9-21(19-23)22-15-16-25-24-11-2-3-12-26(24)32(27(25)20-22)28-13-4-6-17-30-28/h2-20H,1H3/i6D. The minimum atomic E-state index is -0.518. The summed E-state index contributed by atoms with van der Waals surface area (Å²) >= 11 is 0. The highest BCUT2D eigenvalue weighted by Gasteiger charge is 2.14. The van der Waals surface area contributed by atoms with Crippen LogP contribution in [-0.4, -0.2) is 21.2 Å². The first kappa shape index (κ1) is 18.7. The molecule has 0 bridgehead atoms. The zero-order chi connectivity index (χ0) is 23.1. The van der Waals surface area contributed by atoms with Crippen molar-refractivity contribution in [1.82, 2.24) is 14.5 Å². The summed E-state index contributed by atoms with van der Waals surface area (Å²) in [4.78, 5) is 9.14. The monoisotopic (exact) mass is 444 g/mol. The average Bonchev–Trinajstić information content (AvgIpc) is 3.23. The molecule has 0 radical (unpaired) electrons. The third-order valence-electron chi connectivity index (χ3n) is 6.06. The number of fused-ring (bicyclic) bond motifs is 3. The van der Waals surface area contributed by atoms with E-state index in [1.165, 1.54) is 27.2 Å². The van der Waals surface area contributed by atoms with Crippen LogP contribution in [-0.2, 0) is 0 Å². The van der Waals surface area contributed by atoms with Gasteiger partial charge >= 0.3 is 0 Å². The Balaban J connectivity index is 1.51. The van der Waals surface area contributed by atoms with Crippen LogP contribution in [0.1, 0.15) is 1.37 Å². The predicted octanol–water partition coefficient (Wildman–Crippen LogP) is 6.30. The summed E-state index contributed by atoms with van der Waals surface area (Å²) < 4.78 is 10.0. The van der Waals surface area contributed by atoms with Gasteiger partial charge in [-0.2, -0.15) is 0 Å². The fraction of sp³-hybridized carbons (Fsp3) is 0.0345. The van der Waals surface area contributed by atoms with Gasteiger partial charge in [-0.1, -0.05) is 60.7 Å². The fourth-order valence-electron chi connectivity index (χ4n) is 4.42. The van der Waals surface area contributed by atoms with Crippen molar-refractivity contribution in [1.29, 1.82) is 0 Å². The van der Waals surface area contributed by atoms with Gasteiger partial charge in [0.05, 0.1) is 17.8 Å². The van der Waals surface area contributed by atoms with E-state index in [1.54, 1.807) is 12.3 Å². The van der Waals surface area contributed by atoms with Gasteiger partial charge in [0.2, 0.25) is 0 Å². The van der Waals surface area contributed by atoms with E-state index in [9.17, 15) is 0 Å². The molecule has 0 aliphatic heterocycles. The summed E-state index contributed by atoms with van der Waals surface area (Å²) in [6, 6.07) is 34.1. The number of hydrogen-bond acceptors (Lipinski definition) is 2. The number of aromatic nitrogens is 3. The van der Waals surface area contributed by atoms with E-state index >= 15 is 0 Å². The smallest absolute Gasteiger partial charge is 0.137 e. The van der Waals surface area contributed by atoms with Crippen LogP contribution in [0.15, 0.2) is 115 Å². The molecule has 3 nitrogen and oxygen atoms in total. The van der Waals surface area contributed by atoms with Gasteiger partial charge in [-0.25, -0.2) is 4.98 Å². The van der Waals surface area contributed by atoms with Crippen molar-refractivity contribution in [2.45, 2.75) is 0 Å². The van der Waals surface area contributed by atoms with E-state index in [1.807, 2.05) is 18.3 Å². The lowest BCUT2D eigenvalue weighted by atomic mass is 10.0. The topological polar surface area (TPSA) is 30.7 Å². The minimum Gasteiger partial charge on any atom is -0.294 e. The number of para-hydroxylation sites is 1.